The van der Waals surface area contributed by atoms with Gasteiger partial charge in [-0.3, -0.25) is 19.1 Å². The molecule has 0 radical (unpaired) electrons. The van der Waals surface area contributed by atoms with E-state index >= 15 is 0 Å². The van der Waals surface area contributed by atoms with E-state index in [-0.39, 0.29) is 5.41 Å². The van der Waals surface area contributed by atoms with Crippen molar-refractivity contribution < 1.29 is 50.9 Å². The maximum atomic E-state index is 12.8. The molecule has 2 aliphatic heterocycles. The van der Waals surface area contributed by atoms with Gasteiger partial charge in [0.1, 0.15) is 5.82 Å². The SMILES string of the molecule is COc1ncccc1CN1CCC2(Cc3nn(Cc4ccccc4)c(=O)c(=O)n3C2)C1.O=C(O)C(F)(F)F.O=C(O)C(F)(F)F. The number of pyridine rings is 1. The molecular formula is C27H27F6N5O7. The fourth-order valence-corrected chi connectivity index (χ4v) is 4.87. The molecule has 1 spiro atoms. The lowest BCUT2D eigenvalue weighted by molar-refractivity contribution is -0.193. The van der Waals surface area contributed by atoms with Crippen LogP contribution in [-0.2, 0) is 35.6 Å². The molecule has 0 aliphatic carbocycles. The van der Waals surface area contributed by atoms with Crippen molar-refractivity contribution in [3.63, 3.8) is 0 Å². The van der Waals surface area contributed by atoms with Crippen LogP contribution in [0.2, 0.25) is 0 Å². The number of nitrogens with zero attached hydrogens (tertiary/aromatic N) is 5. The Bertz CT molecular complexity index is 1600. The fraction of sp³-hybridized carbons (Fsp3) is 0.407. The van der Waals surface area contributed by atoms with E-state index in [0.717, 1.165) is 37.2 Å². The molecule has 5 rings (SSSR count). The molecule has 1 unspecified atom stereocenters. The Morgan fingerprint density at radius 2 is 1.51 bits per heavy atom. The number of hydrogen-bond acceptors (Lipinski definition) is 8. The molecule has 1 fully saturated rings. The highest BCUT2D eigenvalue weighted by Crippen LogP contribution is 2.40. The fourth-order valence-electron chi connectivity index (χ4n) is 4.87. The van der Waals surface area contributed by atoms with Crippen molar-refractivity contribution in [1.82, 2.24) is 24.2 Å². The van der Waals surface area contributed by atoms with Crippen LogP contribution in [0.5, 0.6) is 5.88 Å². The number of rotatable bonds is 5. The summed E-state index contributed by atoms with van der Waals surface area (Å²) in [6.45, 7) is 3.38. The molecule has 0 bridgehead atoms. The van der Waals surface area contributed by atoms with Crippen LogP contribution in [0, 0.1) is 5.41 Å². The summed E-state index contributed by atoms with van der Waals surface area (Å²) in [4.78, 5) is 49.9. The number of halogens is 6. The van der Waals surface area contributed by atoms with Crippen LogP contribution in [0.25, 0.3) is 0 Å². The molecule has 45 heavy (non-hydrogen) atoms. The number of hydrogen-bond donors (Lipinski definition) is 2. The first-order chi connectivity index (χ1) is 21.0. The lowest BCUT2D eigenvalue weighted by atomic mass is 9.86. The predicted molar refractivity (Wildman–Crippen MR) is 143 cm³/mol. The highest BCUT2D eigenvalue weighted by Gasteiger charge is 2.45. The normalized spacial score (nSPS) is 17.5. The van der Waals surface area contributed by atoms with Gasteiger partial charge in [0, 0.05) is 43.2 Å². The van der Waals surface area contributed by atoms with Gasteiger partial charge in [0.25, 0.3) is 0 Å². The minimum absolute atomic E-state index is 0.0625. The molecule has 2 aliphatic rings. The highest BCUT2D eigenvalue weighted by atomic mass is 19.4. The molecule has 0 saturated carbocycles. The molecule has 3 aromatic rings. The Hall–Kier alpha value is -4.74. The van der Waals surface area contributed by atoms with E-state index < -0.39 is 35.4 Å². The van der Waals surface area contributed by atoms with Crippen molar-refractivity contribution >= 4 is 11.9 Å². The van der Waals surface area contributed by atoms with Crippen LogP contribution in [0.1, 0.15) is 23.4 Å². The molecule has 2 N–H and O–H groups in total. The summed E-state index contributed by atoms with van der Waals surface area (Å²) >= 11 is 0. The maximum Gasteiger partial charge on any atom is 0.490 e. The van der Waals surface area contributed by atoms with Crippen molar-refractivity contribution in [1.29, 1.82) is 0 Å². The lowest BCUT2D eigenvalue weighted by Gasteiger charge is -2.23. The number of aromatic nitrogens is 4. The van der Waals surface area contributed by atoms with E-state index in [1.807, 2.05) is 42.5 Å². The van der Waals surface area contributed by atoms with Crippen LogP contribution in [0.15, 0.2) is 58.3 Å². The van der Waals surface area contributed by atoms with Crippen LogP contribution in [0.4, 0.5) is 26.3 Å². The third-order valence-corrected chi connectivity index (χ3v) is 6.85. The Balaban J connectivity index is 0.000000331. The first-order valence-electron chi connectivity index (χ1n) is 13.0. The van der Waals surface area contributed by atoms with E-state index in [1.54, 1.807) is 17.9 Å². The Morgan fingerprint density at radius 3 is 2.07 bits per heavy atom. The van der Waals surface area contributed by atoms with Gasteiger partial charge >= 0.3 is 35.4 Å². The van der Waals surface area contributed by atoms with E-state index in [1.165, 1.54) is 4.68 Å². The third-order valence-electron chi connectivity index (χ3n) is 6.85. The van der Waals surface area contributed by atoms with Crippen molar-refractivity contribution in [2.75, 3.05) is 20.2 Å². The van der Waals surface area contributed by atoms with Crippen LogP contribution in [0.3, 0.4) is 0 Å². The lowest BCUT2D eigenvalue weighted by Crippen LogP contribution is -2.43. The van der Waals surface area contributed by atoms with Gasteiger partial charge in [-0.05, 0) is 24.6 Å². The second kappa shape index (κ2) is 13.9. The second-order valence-electron chi connectivity index (χ2n) is 10.2. The largest absolute Gasteiger partial charge is 0.490 e. The number of alkyl halides is 6. The zero-order chi connectivity index (χ0) is 33.6. The Labute approximate surface area is 250 Å². The minimum atomic E-state index is -5.08. The van der Waals surface area contributed by atoms with Crippen LogP contribution < -0.4 is 15.9 Å². The van der Waals surface area contributed by atoms with Gasteiger partial charge in [-0.1, -0.05) is 36.4 Å². The standard InChI is InChI=1S/C23H25N5O3.2C2HF3O2/c1-31-20-18(8-5-10-24-20)14-26-11-9-23(15-26)12-19-25-28(13-17-6-3-2-4-7-17)22(30)21(29)27(19)16-23;2*3-2(4,5)1(6)7/h2-8,10H,9,11-16H2,1H3;2*(H,6,7). The van der Waals surface area contributed by atoms with Crippen molar-refractivity contribution in [2.45, 2.75) is 44.8 Å². The van der Waals surface area contributed by atoms with Gasteiger partial charge in [-0.2, -0.15) is 31.4 Å². The van der Waals surface area contributed by atoms with Crippen LogP contribution in [-0.4, -0.2) is 78.9 Å². The van der Waals surface area contributed by atoms with Gasteiger partial charge in [0.2, 0.25) is 5.88 Å². The second-order valence-corrected chi connectivity index (χ2v) is 10.2. The summed E-state index contributed by atoms with van der Waals surface area (Å²) in [5, 5.41) is 18.8. The molecule has 2 aromatic heterocycles. The average Bonchev–Trinajstić information content (AvgIpc) is 3.53. The highest BCUT2D eigenvalue weighted by molar-refractivity contribution is 5.73. The number of carbonyl (C=O) groups is 2. The predicted octanol–water partition coefficient (Wildman–Crippen LogP) is 2.57. The van der Waals surface area contributed by atoms with Crippen molar-refractivity contribution in [3.8, 4) is 5.88 Å². The molecule has 1 saturated heterocycles. The number of likely N-dealkylation sites (tertiary alicyclic amines) is 1. The monoisotopic (exact) mass is 647 g/mol. The van der Waals surface area contributed by atoms with E-state index in [9.17, 15) is 35.9 Å². The van der Waals surface area contributed by atoms with E-state index in [2.05, 4.69) is 15.0 Å². The van der Waals surface area contributed by atoms with E-state index in [0.29, 0.717) is 31.2 Å². The number of carboxylic acid groups (broad SMARTS) is 2. The van der Waals surface area contributed by atoms with Crippen molar-refractivity contribution in [3.05, 3.63) is 86.3 Å². The van der Waals surface area contributed by atoms with Gasteiger partial charge < -0.3 is 14.9 Å². The van der Waals surface area contributed by atoms with Crippen molar-refractivity contribution in [2.24, 2.45) is 5.41 Å². The molecule has 1 aromatic carbocycles. The molecule has 4 heterocycles. The van der Waals surface area contributed by atoms with Gasteiger partial charge in [0.15, 0.2) is 0 Å². The number of benzene rings is 1. The average molecular weight is 648 g/mol. The molecule has 244 valence electrons. The van der Waals surface area contributed by atoms with E-state index in [4.69, 9.17) is 24.5 Å². The van der Waals surface area contributed by atoms with Gasteiger partial charge in [-0.25, -0.2) is 19.3 Å². The summed E-state index contributed by atoms with van der Waals surface area (Å²) < 4.78 is 71.8. The van der Waals surface area contributed by atoms with Gasteiger partial charge in [0.05, 0.1) is 13.7 Å². The zero-order valence-electron chi connectivity index (χ0n) is 23.5. The number of aliphatic carboxylic acids is 2. The first kappa shape index (κ1) is 34.7. The molecule has 18 heteroatoms. The Kier molecular flexibility index (Phi) is 10.7. The number of methoxy groups -OCH3 is 1. The third kappa shape index (κ3) is 9.13. The molecule has 0 amide bonds. The topological polar surface area (TPSA) is 157 Å². The minimum Gasteiger partial charge on any atom is -0.481 e. The van der Waals surface area contributed by atoms with Gasteiger partial charge in [-0.15, -0.1) is 0 Å². The summed E-state index contributed by atoms with van der Waals surface area (Å²) in [5.41, 5.74) is 0.916. The number of fused-ring (bicyclic) bond motifs is 1. The first-order valence-corrected chi connectivity index (χ1v) is 13.0. The smallest absolute Gasteiger partial charge is 0.481 e. The Morgan fingerprint density at radius 1 is 0.911 bits per heavy atom. The summed E-state index contributed by atoms with van der Waals surface area (Å²) in [7, 11) is 1.63. The summed E-state index contributed by atoms with van der Waals surface area (Å²) in [6, 6.07) is 13.6. The molecular weight excluding hydrogens is 620 g/mol. The quantitative estimate of drug-likeness (QED) is 0.312. The summed E-state index contributed by atoms with van der Waals surface area (Å²) in [5.74, 6) is -4.16. The zero-order valence-corrected chi connectivity index (χ0v) is 23.5. The number of ether oxygens (including phenoxy) is 1. The maximum absolute atomic E-state index is 12.8. The summed E-state index contributed by atoms with van der Waals surface area (Å²) in [6.07, 6.45) is -6.77. The molecule has 1 atom stereocenters. The molecule has 12 nitrogen and oxygen atoms in total. The number of carboxylic acids is 2. The van der Waals surface area contributed by atoms with Crippen LogP contribution >= 0.6 is 0 Å².